The summed E-state index contributed by atoms with van der Waals surface area (Å²) in [5.41, 5.74) is 31.1. The van der Waals surface area contributed by atoms with Gasteiger partial charge in [-0.05, 0) is 133 Å². The zero-order valence-corrected chi connectivity index (χ0v) is 41.0. The van der Waals surface area contributed by atoms with Crippen LogP contribution in [0.15, 0.2) is 55.0 Å². The van der Waals surface area contributed by atoms with Crippen molar-refractivity contribution in [3.05, 3.63) is 123 Å². The molecule has 9 aromatic rings. The van der Waals surface area contributed by atoms with Crippen LogP contribution in [0.1, 0.15) is 141 Å². The molecule has 0 unspecified atom stereocenters. The standard InChI is InChI=1S/2C17H19N5O.C10H10N2O2.C7H11N3.ClH/c1-2-10-9-13-11(7-8-19-16(13)20-10)17(23)22-14-6-4-3-5-12(14)15(18)21-22;1-2-10-9-13-11(7-8-19-16(13)20-10)17(23)22-15(18)12-5-3-4-6-14(12)21-22;1-2-6-5-8-7(10(13)14)3-4-11-9(8)12-6;8-7-5-3-1-2-4-6(5)9-10-7;/h7-9H,2-6H2,1H3,(H2,18,21)(H,19,20);7-9H,2-6,18H2,1H3,(H,19,20);3-5H,2H2,1H3,(H,11,12)(H,13,14);1-4H2,(H3,8,9,10);1H. The minimum Gasteiger partial charge on any atom is -0.478 e. The number of aromatic carboxylic acids is 1. The molecule has 370 valence electrons. The van der Waals surface area contributed by atoms with Crippen molar-refractivity contribution in [1.29, 1.82) is 0 Å². The number of nitrogens with two attached hydrogens (primary N) is 3. The largest absolute Gasteiger partial charge is 0.478 e. The molecule has 0 fully saturated rings. The molecule has 0 radical (unpaired) electrons. The number of aryl methyl sites for hydroxylation is 5. The summed E-state index contributed by atoms with van der Waals surface area (Å²) in [4.78, 5) is 59.1. The Morgan fingerprint density at radius 3 is 1.56 bits per heavy atom. The second-order valence-corrected chi connectivity index (χ2v) is 17.9. The van der Waals surface area contributed by atoms with Crippen LogP contribution in [0.4, 0.5) is 17.5 Å². The van der Waals surface area contributed by atoms with Crippen molar-refractivity contribution in [2.24, 2.45) is 0 Å². The number of H-pyrrole nitrogens is 4. The van der Waals surface area contributed by atoms with Gasteiger partial charge in [0, 0.05) is 74.2 Å². The number of aromatic nitrogens is 12. The van der Waals surface area contributed by atoms with Crippen LogP contribution in [0.3, 0.4) is 0 Å². The van der Waals surface area contributed by atoms with E-state index in [0.29, 0.717) is 45.2 Å². The molecule has 3 aliphatic rings. The number of pyridine rings is 3. The number of anilines is 3. The molecular formula is C51H60ClN15O4. The highest BCUT2D eigenvalue weighted by atomic mass is 35.5. The fourth-order valence-electron chi connectivity index (χ4n) is 9.64. The van der Waals surface area contributed by atoms with Gasteiger partial charge >= 0.3 is 5.97 Å². The third kappa shape index (κ3) is 9.99. The van der Waals surface area contributed by atoms with E-state index in [1.807, 2.05) is 25.1 Å². The molecule has 0 bridgehead atoms. The molecule has 0 saturated heterocycles. The topological polar surface area (TPSA) is 300 Å². The lowest BCUT2D eigenvalue weighted by Crippen LogP contribution is -2.18. The van der Waals surface area contributed by atoms with Gasteiger partial charge in [0.25, 0.3) is 11.8 Å². The zero-order valence-electron chi connectivity index (χ0n) is 40.2. The van der Waals surface area contributed by atoms with Crippen molar-refractivity contribution in [2.45, 2.75) is 117 Å². The molecule has 12 rings (SSSR count). The maximum absolute atomic E-state index is 13.0. The number of carbonyl (C=O) groups excluding carboxylic acids is 2. The Bertz CT molecular complexity index is 3390. The van der Waals surface area contributed by atoms with Gasteiger partial charge < -0.3 is 37.3 Å². The molecule has 9 heterocycles. The van der Waals surface area contributed by atoms with Crippen molar-refractivity contribution >= 4 is 80.7 Å². The van der Waals surface area contributed by atoms with E-state index >= 15 is 0 Å². The number of hydrogen-bond donors (Lipinski definition) is 8. The number of carboxylic acids is 1. The lowest BCUT2D eigenvalue weighted by atomic mass is 9.97. The fraction of sp³-hybridized carbons (Fsp3) is 0.353. The van der Waals surface area contributed by atoms with Crippen LogP contribution in [-0.4, -0.2) is 82.6 Å². The molecule has 0 aromatic carbocycles. The lowest BCUT2D eigenvalue weighted by molar-refractivity contribution is 0.0698. The molecule has 0 atom stereocenters. The van der Waals surface area contributed by atoms with Crippen LogP contribution < -0.4 is 17.2 Å². The Balaban J connectivity index is 0.000000132. The first kappa shape index (κ1) is 49.6. The maximum Gasteiger partial charge on any atom is 0.336 e. The highest BCUT2D eigenvalue weighted by molar-refractivity contribution is 6.08. The second kappa shape index (κ2) is 21.5. The number of aromatic amines is 4. The summed E-state index contributed by atoms with van der Waals surface area (Å²) in [7, 11) is 0. The van der Waals surface area contributed by atoms with Crippen molar-refractivity contribution in [3.63, 3.8) is 0 Å². The number of nitrogens with zero attached hydrogens (tertiary/aromatic N) is 8. The van der Waals surface area contributed by atoms with Gasteiger partial charge in [0.05, 0.1) is 28.1 Å². The van der Waals surface area contributed by atoms with E-state index in [0.717, 1.165) is 145 Å². The molecule has 0 saturated carbocycles. The van der Waals surface area contributed by atoms with Gasteiger partial charge in [0.2, 0.25) is 0 Å². The van der Waals surface area contributed by atoms with Crippen molar-refractivity contribution in [2.75, 3.05) is 17.2 Å². The number of rotatable bonds is 6. The molecule has 19 nitrogen and oxygen atoms in total. The summed E-state index contributed by atoms with van der Waals surface area (Å²) in [6.07, 6.45) is 20.1. The van der Waals surface area contributed by atoms with E-state index < -0.39 is 5.97 Å². The van der Waals surface area contributed by atoms with Crippen LogP contribution >= 0.6 is 12.4 Å². The summed E-state index contributed by atoms with van der Waals surface area (Å²) in [5.74, 6) is 0.441. The smallest absolute Gasteiger partial charge is 0.336 e. The monoisotopic (exact) mass is 981 g/mol. The quantitative estimate of drug-likeness (QED) is 0.0783. The van der Waals surface area contributed by atoms with E-state index in [2.05, 4.69) is 64.1 Å². The Morgan fingerprint density at radius 1 is 0.577 bits per heavy atom. The molecule has 71 heavy (non-hydrogen) atoms. The highest BCUT2D eigenvalue weighted by Crippen LogP contribution is 2.30. The molecular weight excluding hydrogens is 922 g/mol. The van der Waals surface area contributed by atoms with Crippen LogP contribution in [-0.2, 0) is 57.8 Å². The third-order valence-corrected chi connectivity index (χ3v) is 13.5. The normalized spacial score (nSPS) is 13.6. The number of halogens is 1. The number of hydrogen-bond acceptors (Lipinski definition) is 12. The molecule has 0 spiro atoms. The summed E-state index contributed by atoms with van der Waals surface area (Å²) < 4.78 is 2.86. The van der Waals surface area contributed by atoms with Crippen LogP contribution in [0, 0.1) is 0 Å². The first-order chi connectivity index (χ1) is 34.0. The van der Waals surface area contributed by atoms with Gasteiger partial charge in [-0.2, -0.15) is 19.6 Å². The highest BCUT2D eigenvalue weighted by Gasteiger charge is 2.26. The van der Waals surface area contributed by atoms with Crippen molar-refractivity contribution < 1.29 is 19.5 Å². The Labute approximate surface area is 415 Å². The minimum atomic E-state index is -0.918. The van der Waals surface area contributed by atoms with Crippen molar-refractivity contribution in [1.82, 2.24) is 59.7 Å². The lowest BCUT2D eigenvalue weighted by Gasteiger charge is -2.13. The van der Waals surface area contributed by atoms with Gasteiger partial charge in [0.1, 0.15) is 34.4 Å². The van der Waals surface area contributed by atoms with Crippen LogP contribution in [0.2, 0.25) is 0 Å². The van der Waals surface area contributed by atoms with E-state index in [4.69, 9.17) is 22.3 Å². The molecule has 20 heteroatoms. The number of carboxylic acid groups (broad SMARTS) is 1. The Morgan fingerprint density at radius 2 is 1.04 bits per heavy atom. The molecule has 9 aromatic heterocycles. The molecule has 11 N–H and O–H groups in total. The van der Waals surface area contributed by atoms with E-state index in [1.54, 1.807) is 24.5 Å². The van der Waals surface area contributed by atoms with Gasteiger partial charge in [-0.1, -0.05) is 20.8 Å². The zero-order chi connectivity index (χ0) is 49.1. The van der Waals surface area contributed by atoms with Crippen LogP contribution in [0.25, 0.3) is 33.1 Å². The second-order valence-electron chi connectivity index (χ2n) is 17.9. The first-order valence-electron chi connectivity index (χ1n) is 24.2. The van der Waals surface area contributed by atoms with Gasteiger partial charge in [0.15, 0.2) is 0 Å². The maximum atomic E-state index is 13.0. The van der Waals surface area contributed by atoms with Gasteiger partial charge in [-0.15, -0.1) is 17.5 Å². The molecule has 0 aliphatic heterocycles. The number of fused-ring (bicyclic) bond motifs is 6. The number of nitrogen functional groups attached to an aromatic ring is 3. The minimum absolute atomic E-state index is 0. The summed E-state index contributed by atoms with van der Waals surface area (Å²) in [5, 5.41) is 27.0. The first-order valence-corrected chi connectivity index (χ1v) is 24.2. The Hall–Kier alpha value is -7.80. The predicted octanol–water partition coefficient (Wildman–Crippen LogP) is 8.06. The molecule has 3 aliphatic carbocycles. The van der Waals surface area contributed by atoms with E-state index in [1.165, 1.54) is 45.7 Å². The van der Waals surface area contributed by atoms with E-state index in [9.17, 15) is 14.4 Å². The van der Waals surface area contributed by atoms with Crippen LogP contribution in [0.5, 0.6) is 0 Å². The van der Waals surface area contributed by atoms with Crippen molar-refractivity contribution in [3.8, 4) is 0 Å². The average Bonchev–Trinajstić information content (AvgIpc) is 4.27. The third-order valence-electron chi connectivity index (χ3n) is 13.5. The summed E-state index contributed by atoms with van der Waals surface area (Å²) in [6.45, 7) is 6.13. The Kier molecular flexibility index (Phi) is 15.0. The average molecular weight is 983 g/mol. The van der Waals surface area contributed by atoms with Gasteiger partial charge in [-0.25, -0.2) is 19.7 Å². The van der Waals surface area contributed by atoms with Gasteiger partial charge in [-0.3, -0.25) is 14.7 Å². The fourth-order valence-corrected chi connectivity index (χ4v) is 9.64. The number of nitrogens with one attached hydrogen (secondary N) is 4. The summed E-state index contributed by atoms with van der Waals surface area (Å²) in [6, 6.07) is 10.8. The predicted molar refractivity (Wildman–Crippen MR) is 276 cm³/mol. The van der Waals surface area contributed by atoms with E-state index in [-0.39, 0.29) is 24.2 Å². The number of carbonyl (C=O) groups is 3. The molecule has 0 amide bonds. The summed E-state index contributed by atoms with van der Waals surface area (Å²) >= 11 is 0. The SMILES string of the molecule is CCc1cc2c(C(=O)O)ccnc2[nH]1.CCc1cc2c(C(=O)n3nc(N)c4c3CCCC4)ccnc2[nH]1.CCc1cc2c(C(=O)n3nc4c(c3N)CCCC4)ccnc2[nH]1.Cl.Nc1n[nH]c2c1CCCC2.